The minimum Gasteiger partial charge on any atom is -0.498 e. The van der Waals surface area contributed by atoms with E-state index in [9.17, 15) is 14.3 Å². The van der Waals surface area contributed by atoms with Crippen LogP contribution in [-0.2, 0) is 27.9 Å². The predicted octanol–water partition coefficient (Wildman–Crippen LogP) is 14.2. The Hall–Kier alpha value is -0.920. The normalized spacial score (nSPS) is 13.4. The monoisotopic (exact) mass is 788 g/mol. The Kier molecular flexibility index (Phi) is 42.5. The van der Waals surface area contributed by atoms with Gasteiger partial charge in [-0.05, 0) is 25.3 Å². The van der Waals surface area contributed by atoms with E-state index in [1.54, 1.807) is 6.26 Å². The number of nitrogens with two attached hydrogens (primary N) is 1. The van der Waals surface area contributed by atoms with E-state index in [4.69, 9.17) is 24.3 Å². The molecule has 2 atom stereocenters. The van der Waals surface area contributed by atoms with E-state index in [1.807, 2.05) is 6.08 Å². The molecule has 0 fully saturated rings. The third-order valence-corrected chi connectivity index (χ3v) is 11.3. The average molecular weight is 788 g/mol. The van der Waals surface area contributed by atoms with Crippen LogP contribution in [0.2, 0.25) is 0 Å². The van der Waals surface area contributed by atoms with Crippen molar-refractivity contribution in [3.8, 4) is 0 Å². The molecule has 0 spiro atoms. The summed E-state index contributed by atoms with van der Waals surface area (Å²) < 4.78 is 33.2. The zero-order valence-corrected chi connectivity index (χ0v) is 36.6. The lowest BCUT2D eigenvalue weighted by atomic mass is 10.0. The lowest BCUT2D eigenvalue weighted by Gasteiger charge is -2.19. The lowest BCUT2D eigenvalue weighted by Crippen LogP contribution is -2.27. The molecule has 0 aliphatic carbocycles. The molecule has 0 aromatic rings. The maximum absolute atomic E-state index is 12.6. The maximum Gasteiger partial charge on any atom is 0.472 e. The van der Waals surface area contributed by atoms with Crippen molar-refractivity contribution in [3.05, 3.63) is 12.3 Å². The number of hydrogen-bond donors (Lipinski definition) is 2. The summed E-state index contributed by atoms with van der Waals surface area (Å²) in [5.41, 5.74) is 5.37. The van der Waals surface area contributed by atoms with Gasteiger partial charge in [-0.1, -0.05) is 213 Å². The van der Waals surface area contributed by atoms with Crippen LogP contribution in [-0.4, -0.2) is 43.3 Å². The molecule has 322 valence electrons. The van der Waals surface area contributed by atoms with Crippen LogP contribution >= 0.6 is 7.82 Å². The summed E-state index contributed by atoms with van der Waals surface area (Å²) in [4.78, 5) is 22.5. The van der Waals surface area contributed by atoms with Crippen molar-refractivity contribution in [2.45, 2.75) is 245 Å². The number of ether oxygens (including phenoxy) is 2. The highest BCUT2D eigenvalue weighted by molar-refractivity contribution is 7.47. The first-order chi connectivity index (χ1) is 26.4. The molecule has 0 amide bonds. The molecule has 0 rings (SSSR count). The zero-order valence-electron chi connectivity index (χ0n) is 35.7. The van der Waals surface area contributed by atoms with Gasteiger partial charge in [0, 0.05) is 13.0 Å². The first kappa shape index (κ1) is 53.1. The van der Waals surface area contributed by atoms with Crippen LogP contribution in [0.3, 0.4) is 0 Å². The zero-order chi connectivity index (χ0) is 39.5. The minimum atomic E-state index is -4.29. The second-order valence-electron chi connectivity index (χ2n) is 15.7. The van der Waals surface area contributed by atoms with Gasteiger partial charge in [0.1, 0.15) is 6.61 Å². The van der Waals surface area contributed by atoms with Crippen LogP contribution in [0.15, 0.2) is 12.3 Å². The smallest absolute Gasteiger partial charge is 0.472 e. The molecule has 0 aliphatic rings. The van der Waals surface area contributed by atoms with E-state index in [2.05, 4.69) is 13.8 Å². The molecule has 0 saturated carbocycles. The maximum atomic E-state index is 12.6. The van der Waals surface area contributed by atoms with Crippen LogP contribution in [0.4, 0.5) is 0 Å². The van der Waals surface area contributed by atoms with E-state index >= 15 is 0 Å². The standard InChI is InChI=1S/C45H90NO7P/c1-3-5-7-9-11-13-15-17-19-21-22-23-24-26-28-30-32-34-36-38-45(47)53-44(43-52-54(48,49)51-41-39-46)42-50-40-37-35-33-31-29-27-25-20-18-16-14-12-10-8-6-4-2/h37,40,44H,3-36,38-39,41-43,46H2,1-2H3,(H,48,49). The molecule has 0 bridgehead atoms. The van der Waals surface area contributed by atoms with E-state index in [0.717, 1.165) is 32.1 Å². The molecule has 2 unspecified atom stereocenters. The Balaban J connectivity index is 3.99. The summed E-state index contributed by atoms with van der Waals surface area (Å²) in [6, 6.07) is 0. The van der Waals surface area contributed by atoms with E-state index in [1.165, 1.54) is 186 Å². The molecule has 0 radical (unpaired) electrons. The summed E-state index contributed by atoms with van der Waals surface area (Å²) in [6.07, 6.45) is 47.5. The first-order valence-electron chi connectivity index (χ1n) is 23.2. The average Bonchev–Trinajstić information content (AvgIpc) is 3.16. The fourth-order valence-electron chi connectivity index (χ4n) is 6.85. The van der Waals surface area contributed by atoms with Crippen molar-refractivity contribution in [2.24, 2.45) is 5.73 Å². The van der Waals surface area contributed by atoms with E-state index in [-0.39, 0.29) is 32.3 Å². The topological polar surface area (TPSA) is 117 Å². The Morgan fingerprint density at radius 3 is 1.31 bits per heavy atom. The van der Waals surface area contributed by atoms with Crippen molar-refractivity contribution in [3.63, 3.8) is 0 Å². The molecule has 3 N–H and O–H groups in total. The molecule has 54 heavy (non-hydrogen) atoms. The van der Waals surface area contributed by atoms with Gasteiger partial charge in [0.25, 0.3) is 0 Å². The third-order valence-electron chi connectivity index (χ3n) is 10.3. The summed E-state index contributed by atoms with van der Waals surface area (Å²) in [6.45, 7) is 4.29. The highest BCUT2D eigenvalue weighted by Gasteiger charge is 2.25. The molecule has 0 aliphatic heterocycles. The van der Waals surface area contributed by atoms with Gasteiger partial charge in [0.2, 0.25) is 0 Å². The van der Waals surface area contributed by atoms with Crippen molar-refractivity contribution in [1.82, 2.24) is 0 Å². The van der Waals surface area contributed by atoms with E-state index < -0.39 is 13.9 Å². The summed E-state index contributed by atoms with van der Waals surface area (Å²) in [5, 5.41) is 0. The Morgan fingerprint density at radius 2 is 0.926 bits per heavy atom. The number of carbonyl (C=O) groups is 1. The second-order valence-corrected chi connectivity index (χ2v) is 17.2. The van der Waals surface area contributed by atoms with Gasteiger partial charge in [-0.15, -0.1) is 0 Å². The largest absolute Gasteiger partial charge is 0.498 e. The fraction of sp³-hybridized carbons (Fsp3) is 0.933. The number of phosphoric ester groups is 1. The Morgan fingerprint density at radius 1 is 0.556 bits per heavy atom. The lowest BCUT2D eigenvalue weighted by molar-refractivity contribution is -0.153. The molecule has 0 aromatic heterocycles. The van der Waals surface area contributed by atoms with Gasteiger partial charge in [0.15, 0.2) is 6.10 Å². The van der Waals surface area contributed by atoms with Crippen LogP contribution in [0, 0.1) is 0 Å². The highest BCUT2D eigenvalue weighted by Crippen LogP contribution is 2.43. The van der Waals surface area contributed by atoms with Crippen LogP contribution < -0.4 is 5.73 Å². The van der Waals surface area contributed by atoms with Crippen LogP contribution in [0.1, 0.15) is 239 Å². The number of carbonyl (C=O) groups excluding carboxylic acids is 1. The number of unbranched alkanes of at least 4 members (excludes halogenated alkanes) is 32. The van der Waals surface area contributed by atoms with Crippen LogP contribution in [0.25, 0.3) is 0 Å². The number of phosphoric acid groups is 1. The van der Waals surface area contributed by atoms with E-state index in [0.29, 0.717) is 6.42 Å². The number of hydrogen-bond acceptors (Lipinski definition) is 7. The molecule has 9 heteroatoms. The van der Waals surface area contributed by atoms with Gasteiger partial charge >= 0.3 is 13.8 Å². The fourth-order valence-corrected chi connectivity index (χ4v) is 7.61. The number of allylic oxidation sites excluding steroid dienone is 1. The molecule has 0 saturated heterocycles. The molecule has 0 aromatic carbocycles. The van der Waals surface area contributed by atoms with Crippen molar-refractivity contribution < 1.29 is 32.8 Å². The predicted molar refractivity (Wildman–Crippen MR) is 229 cm³/mol. The van der Waals surface area contributed by atoms with Gasteiger partial charge in [0.05, 0.1) is 19.5 Å². The molecule has 0 heterocycles. The number of rotatable bonds is 45. The molecular formula is C45H90NO7P. The highest BCUT2D eigenvalue weighted by atomic mass is 31.2. The van der Waals surface area contributed by atoms with Gasteiger partial charge < -0.3 is 20.1 Å². The molecule has 8 nitrogen and oxygen atoms in total. The van der Waals surface area contributed by atoms with Crippen LogP contribution in [0.5, 0.6) is 0 Å². The summed E-state index contributed by atoms with van der Waals surface area (Å²) in [7, 11) is -4.29. The quantitative estimate of drug-likeness (QED) is 0.0271. The van der Waals surface area contributed by atoms with Gasteiger partial charge in [-0.2, -0.15) is 0 Å². The van der Waals surface area contributed by atoms with Gasteiger partial charge in [-0.3, -0.25) is 13.8 Å². The summed E-state index contributed by atoms with van der Waals surface area (Å²) >= 11 is 0. The first-order valence-corrected chi connectivity index (χ1v) is 24.7. The Bertz CT molecular complexity index is 843. The second kappa shape index (κ2) is 43.2. The number of esters is 1. The van der Waals surface area contributed by atoms with Crippen molar-refractivity contribution in [2.75, 3.05) is 26.4 Å². The summed E-state index contributed by atoms with van der Waals surface area (Å²) in [5.74, 6) is -0.346. The van der Waals surface area contributed by atoms with Gasteiger partial charge in [-0.25, -0.2) is 4.57 Å². The SMILES string of the molecule is CCCCCCCCCCCCCCCCC=COCC(COP(=O)(O)OCCN)OC(=O)CCCCCCCCCCCCCCCCCCCCC. The Labute approximate surface area is 334 Å². The third kappa shape index (κ3) is 42.2. The minimum absolute atomic E-state index is 0.0388. The molecular weight excluding hydrogens is 697 g/mol. The van der Waals surface area contributed by atoms with Crippen molar-refractivity contribution in [1.29, 1.82) is 0 Å². The van der Waals surface area contributed by atoms with Crippen molar-refractivity contribution >= 4 is 13.8 Å².